The van der Waals surface area contributed by atoms with Crippen molar-refractivity contribution < 1.29 is 4.74 Å². The van der Waals surface area contributed by atoms with E-state index in [2.05, 4.69) is 40.4 Å². The SMILES string of the molecule is CCCCOc1ccc(/C=N\Nc2nc3ccc(C)cc3[nH]2)cc1. The molecule has 5 heteroatoms. The van der Waals surface area contributed by atoms with Crippen molar-refractivity contribution in [1.82, 2.24) is 9.97 Å². The van der Waals surface area contributed by atoms with Gasteiger partial charge in [0.15, 0.2) is 0 Å². The molecule has 24 heavy (non-hydrogen) atoms. The van der Waals surface area contributed by atoms with Gasteiger partial charge in [-0.1, -0.05) is 19.4 Å². The molecule has 0 atom stereocenters. The second-order valence-corrected chi connectivity index (χ2v) is 5.75. The Balaban J connectivity index is 1.58. The summed E-state index contributed by atoms with van der Waals surface area (Å²) in [5.74, 6) is 1.52. The van der Waals surface area contributed by atoms with Gasteiger partial charge in [-0.25, -0.2) is 10.4 Å². The van der Waals surface area contributed by atoms with Gasteiger partial charge in [-0.05, 0) is 60.9 Å². The van der Waals surface area contributed by atoms with Gasteiger partial charge in [-0.2, -0.15) is 5.10 Å². The first-order valence-electron chi connectivity index (χ1n) is 8.23. The van der Waals surface area contributed by atoms with Crippen LogP contribution in [0.15, 0.2) is 47.6 Å². The van der Waals surface area contributed by atoms with Crippen LogP contribution >= 0.6 is 0 Å². The molecule has 0 amide bonds. The Bertz CT molecular complexity index is 821. The van der Waals surface area contributed by atoms with E-state index >= 15 is 0 Å². The van der Waals surface area contributed by atoms with Crippen molar-refractivity contribution in [2.75, 3.05) is 12.0 Å². The number of benzene rings is 2. The molecule has 0 radical (unpaired) electrons. The summed E-state index contributed by atoms with van der Waals surface area (Å²) in [6.07, 6.45) is 3.97. The van der Waals surface area contributed by atoms with Crippen molar-refractivity contribution in [3.05, 3.63) is 53.6 Å². The standard InChI is InChI=1S/C19H22N4O/c1-3-4-11-24-16-8-6-15(7-9-16)13-20-23-19-21-17-10-5-14(2)12-18(17)22-19/h5-10,12-13H,3-4,11H2,1-2H3,(H2,21,22,23)/b20-13-. The number of aromatic amines is 1. The fraction of sp³-hybridized carbons (Fsp3) is 0.263. The third kappa shape index (κ3) is 4.13. The summed E-state index contributed by atoms with van der Waals surface area (Å²) in [7, 11) is 0. The number of aryl methyl sites for hydroxylation is 1. The van der Waals surface area contributed by atoms with Gasteiger partial charge in [0.2, 0.25) is 5.95 Å². The summed E-state index contributed by atoms with van der Waals surface area (Å²) in [6.45, 7) is 4.97. The van der Waals surface area contributed by atoms with Gasteiger partial charge in [-0.3, -0.25) is 0 Å². The van der Waals surface area contributed by atoms with Crippen LogP contribution in [-0.2, 0) is 0 Å². The van der Waals surface area contributed by atoms with E-state index in [-0.39, 0.29) is 0 Å². The molecule has 3 rings (SSSR count). The number of unbranched alkanes of at least 4 members (excludes halogenated alkanes) is 1. The molecule has 1 heterocycles. The third-order valence-corrected chi connectivity index (χ3v) is 3.67. The number of nitrogens with zero attached hydrogens (tertiary/aromatic N) is 2. The smallest absolute Gasteiger partial charge is 0.222 e. The number of hydrazone groups is 1. The van der Waals surface area contributed by atoms with E-state index in [0.29, 0.717) is 5.95 Å². The Labute approximate surface area is 141 Å². The molecule has 1 aromatic heterocycles. The molecule has 0 saturated carbocycles. The first-order valence-corrected chi connectivity index (χ1v) is 8.23. The van der Waals surface area contributed by atoms with Crippen LogP contribution in [0, 0.1) is 6.92 Å². The number of hydrogen-bond acceptors (Lipinski definition) is 4. The summed E-state index contributed by atoms with van der Waals surface area (Å²) < 4.78 is 5.64. The highest BCUT2D eigenvalue weighted by atomic mass is 16.5. The zero-order valence-corrected chi connectivity index (χ0v) is 14.0. The summed E-state index contributed by atoms with van der Waals surface area (Å²) in [6, 6.07) is 14.0. The van der Waals surface area contributed by atoms with Crippen LogP contribution in [0.5, 0.6) is 5.75 Å². The molecule has 124 valence electrons. The number of nitrogens with one attached hydrogen (secondary N) is 2. The summed E-state index contributed by atoms with van der Waals surface area (Å²) in [4.78, 5) is 7.64. The zero-order chi connectivity index (χ0) is 16.8. The van der Waals surface area contributed by atoms with Crippen molar-refractivity contribution in [1.29, 1.82) is 0 Å². The normalized spacial score (nSPS) is 11.2. The second-order valence-electron chi connectivity index (χ2n) is 5.75. The lowest BCUT2D eigenvalue weighted by Gasteiger charge is -2.04. The number of imidazole rings is 1. The molecule has 0 bridgehead atoms. The summed E-state index contributed by atoms with van der Waals surface area (Å²) >= 11 is 0. The predicted molar refractivity (Wildman–Crippen MR) is 98.9 cm³/mol. The molecule has 5 nitrogen and oxygen atoms in total. The number of ether oxygens (including phenoxy) is 1. The molecule has 0 unspecified atom stereocenters. The minimum atomic E-state index is 0.631. The molecular weight excluding hydrogens is 300 g/mol. The maximum atomic E-state index is 5.64. The van der Waals surface area contributed by atoms with Crippen LogP contribution in [0.1, 0.15) is 30.9 Å². The fourth-order valence-corrected chi connectivity index (χ4v) is 2.33. The number of H-pyrrole nitrogens is 1. The van der Waals surface area contributed by atoms with Crippen LogP contribution in [0.25, 0.3) is 11.0 Å². The largest absolute Gasteiger partial charge is 0.494 e. The van der Waals surface area contributed by atoms with Crippen LogP contribution in [0.3, 0.4) is 0 Å². The van der Waals surface area contributed by atoms with Crippen LogP contribution < -0.4 is 10.2 Å². The predicted octanol–water partition coefficient (Wildman–Crippen LogP) is 4.50. The van der Waals surface area contributed by atoms with Crippen molar-refractivity contribution in [3.63, 3.8) is 0 Å². The van der Waals surface area contributed by atoms with Gasteiger partial charge in [0.25, 0.3) is 0 Å². The average molecular weight is 322 g/mol. The van der Waals surface area contributed by atoms with Crippen molar-refractivity contribution in [2.45, 2.75) is 26.7 Å². The van der Waals surface area contributed by atoms with E-state index in [1.165, 1.54) is 5.56 Å². The molecule has 0 spiro atoms. The molecule has 0 aliphatic rings. The van der Waals surface area contributed by atoms with E-state index in [0.717, 1.165) is 41.8 Å². The van der Waals surface area contributed by atoms with Crippen molar-refractivity contribution in [2.24, 2.45) is 5.10 Å². The Morgan fingerprint density at radius 3 is 2.83 bits per heavy atom. The van der Waals surface area contributed by atoms with Crippen LogP contribution in [0.4, 0.5) is 5.95 Å². The lowest BCUT2D eigenvalue weighted by molar-refractivity contribution is 0.309. The van der Waals surface area contributed by atoms with Crippen LogP contribution in [-0.4, -0.2) is 22.8 Å². The average Bonchev–Trinajstić information content (AvgIpc) is 2.98. The minimum absolute atomic E-state index is 0.631. The highest BCUT2D eigenvalue weighted by Crippen LogP contribution is 2.16. The fourth-order valence-electron chi connectivity index (χ4n) is 2.33. The first kappa shape index (κ1) is 16.1. The molecule has 0 aliphatic heterocycles. The quantitative estimate of drug-likeness (QED) is 0.382. The van der Waals surface area contributed by atoms with E-state index in [9.17, 15) is 0 Å². The van der Waals surface area contributed by atoms with Crippen molar-refractivity contribution in [3.8, 4) is 5.75 Å². The number of hydrogen-bond donors (Lipinski definition) is 2. The van der Waals surface area contributed by atoms with E-state index < -0.39 is 0 Å². The highest BCUT2D eigenvalue weighted by Gasteiger charge is 2.01. The topological polar surface area (TPSA) is 62.3 Å². The van der Waals surface area contributed by atoms with E-state index in [1.807, 2.05) is 36.4 Å². The summed E-state index contributed by atoms with van der Waals surface area (Å²) in [5.41, 5.74) is 7.05. The Morgan fingerprint density at radius 1 is 1.21 bits per heavy atom. The summed E-state index contributed by atoms with van der Waals surface area (Å²) in [5, 5.41) is 4.23. The molecule has 0 fully saturated rings. The molecular formula is C19H22N4O. The van der Waals surface area contributed by atoms with E-state index in [4.69, 9.17) is 4.74 Å². The van der Waals surface area contributed by atoms with Gasteiger partial charge in [0, 0.05) is 0 Å². The van der Waals surface area contributed by atoms with Gasteiger partial charge in [-0.15, -0.1) is 0 Å². The Hall–Kier alpha value is -2.82. The van der Waals surface area contributed by atoms with E-state index in [1.54, 1.807) is 6.21 Å². The highest BCUT2D eigenvalue weighted by molar-refractivity contribution is 5.81. The number of aromatic nitrogens is 2. The van der Waals surface area contributed by atoms with Gasteiger partial charge in [0.1, 0.15) is 5.75 Å². The van der Waals surface area contributed by atoms with Gasteiger partial charge >= 0.3 is 0 Å². The minimum Gasteiger partial charge on any atom is -0.494 e. The van der Waals surface area contributed by atoms with Gasteiger partial charge < -0.3 is 9.72 Å². The first-order chi connectivity index (χ1) is 11.7. The molecule has 3 aromatic rings. The molecule has 0 aliphatic carbocycles. The zero-order valence-electron chi connectivity index (χ0n) is 14.0. The third-order valence-electron chi connectivity index (χ3n) is 3.67. The lowest BCUT2D eigenvalue weighted by Crippen LogP contribution is -1.96. The maximum Gasteiger partial charge on any atom is 0.222 e. The second kappa shape index (κ2) is 7.64. The Kier molecular flexibility index (Phi) is 5.11. The molecule has 2 N–H and O–H groups in total. The van der Waals surface area contributed by atoms with Gasteiger partial charge in [0.05, 0.1) is 23.9 Å². The number of fused-ring (bicyclic) bond motifs is 1. The number of anilines is 1. The van der Waals surface area contributed by atoms with Crippen molar-refractivity contribution >= 4 is 23.2 Å². The monoisotopic (exact) mass is 322 g/mol. The Morgan fingerprint density at radius 2 is 2.04 bits per heavy atom. The number of rotatable bonds is 7. The maximum absolute atomic E-state index is 5.64. The van der Waals surface area contributed by atoms with Crippen LogP contribution in [0.2, 0.25) is 0 Å². The molecule has 0 saturated heterocycles. The molecule has 2 aromatic carbocycles. The lowest BCUT2D eigenvalue weighted by atomic mass is 10.2.